The Hall–Kier alpha value is -3.91. The minimum Gasteiger partial charge on any atom is -0.454 e. The van der Waals surface area contributed by atoms with Gasteiger partial charge in [-0.2, -0.15) is 0 Å². The Morgan fingerprint density at radius 2 is 1.59 bits per heavy atom. The van der Waals surface area contributed by atoms with Crippen molar-refractivity contribution >= 4 is 17.5 Å². The molecular formula is C29H30FN3O4. The monoisotopic (exact) mass is 503 g/mol. The van der Waals surface area contributed by atoms with Crippen molar-refractivity contribution in [2.45, 2.75) is 19.4 Å². The van der Waals surface area contributed by atoms with Crippen molar-refractivity contribution in [1.29, 1.82) is 0 Å². The maximum atomic E-state index is 13.3. The maximum Gasteiger partial charge on any atom is 0.231 e. The molecule has 0 spiro atoms. The molecule has 2 amide bonds. The van der Waals surface area contributed by atoms with Gasteiger partial charge in [-0.05, 0) is 60.4 Å². The topological polar surface area (TPSA) is 79.9 Å². The van der Waals surface area contributed by atoms with Gasteiger partial charge in [0.2, 0.25) is 18.6 Å². The number of likely N-dealkylation sites (tertiary alicyclic amines) is 1. The number of hydrogen-bond acceptors (Lipinski definition) is 5. The van der Waals surface area contributed by atoms with Crippen LogP contribution in [0.2, 0.25) is 0 Å². The van der Waals surface area contributed by atoms with Gasteiger partial charge in [0.15, 0.2) is 11.5 Å². The summed E-state index contributed by atoms with van der Waals surface area (Å²) >= 11 is 0. The minimum atomic E-state index is -0.365. The highest BCUT2D eigenvalue weighted by molar-refractivity contribution is 5.93. The first-order valence-electron chi connectivity index (χ1n) is 12.5. The van der Waals surface area contributed by atoms with Crippen LogP contribution >= 0.6 is 0 Å². The molecule has 0 radical (unpaired) electrons. The van der Waals surface area contributed by atoms with Crippen LogP contribution in [0.25, 0.3) is 0 Å². The third-order valence-electron chi connectivity index (χ3n) is 6.84. The molecule has 37 heavy (non-hydrogen) atoms. The SMILES string of the molecule is O=C(NCc1ccc2c(c1)OCO2)[C@H]1C[C@@H](C(=O)Nc2ccc(F)cc2)CN(CCc2ccccc2)C1. The van der Waals surface area contributed by atoms with Crippen LogP contribution < -0.4 is 20.1 Å². The Bertz CT molecular complexity index is 1240. The molecule has 8 heteroatoms. The molecule has 3 aromatic carbocycles. The van der Waals surface area contributed by atoms with Crippen LogP contribution in [0.3, 0.4) is 0 Å². The zero-order valence-electron chi connectivity index (χ0n) is 20.5. The predicted molar refractivity (Wildman–Crippen MR) is 138 cm³/mol. The number of piperidine rings is 1. The number of carbonyl (C=O) groups is 2. The molecule has 2 heterocycles. The first kappa shape index (κ1) is 24.8. The number of nitrogens with zero attached hydrogens (tertiary/aromatic N) is 1. The highest BCUT2D eigenvalue weighted by atomic mass is 19.1. The van der Waals surface area contributed by atoms with Crippen LogP contribution in [0.1, 0.15) is 17.5 Å². The Morgan fingerprint density at radius 3 is 2.38 bits per heavy atom. The maximum absolute atomic E-state index is 13.3. The molecule has 0 saturated carbocycles. The summed E-state index contributed by atoms with van der Waals surface area (Å²) in [6, 6.07) is 21.5. The number of halogens is 1. The largest absolute Gasteiger partial charge is 0.454 e. The van der Waals surface area contributed by atoms with E-state index in [1.807, 2.05) is 36.4 Å². The van der Waals surface area contributed by atoms with Crippen molar-refractivity contribution in [1.82, 2.24) is 10.2 Å². The van der Waals surface area contributed by atoms with Crippen LogP contribution in [-0.4, -0.2) is 43.1 Å². The van der Waals surface area contributed by atoms with Gasteiger partial charge in [-0.25, -0.2) is 4.39 Å². The number of nitrogens with one attached hydrogen (secondary N) is 2. The third-order valence-corrected chi connectivity index (χ3v) is 6.84. The number of rotatable bonds is 8. The summed E-state index contributed by atoms with van der Waals surface area (Å²) in [6.07, 6.45) is 1.28. The molecular weight excluding hydrogens is 473 g/mol. The molecule has 2 aliphatic rings. The quantitative estimate of drug-likeness (QED) is 0.486. The molecule has 5 rings (SSSR count). The molecule has 1 fully saturated rings. The van der Waals surface area contributed by atoms with E-state index >= 15 is 0 Å². The van der Waals surface area contributed by atoms with E-state index in [1.165, 1.54) is 17.7 Å². The van der Waals surface area contributed by atoms with Crippen molar-refractivity contribution in [2.24, 2.45) is 11.8 Å². The van der Waals surface area contributed by atoms with Gasteiger partial charge in [-0.3, -0.25) is 9.59 Å². The summed E-state index contributed by atoms with van der Waals surface area (Å²) in [7, 11) is 0. The lowest BCUT2D eigenvalue weighted by Gasteiger charge is -2.36. The Balaban J connectivity index is 1.24. The highest BCUT2D eigenvalue weighted by Gasteiger charge is 2.35. The van der Waals surface area contributed by atoms with E-state index in [1.54, 1.807) is 12.1 Å². The van der Waals surface area contributed by atoms with E-state index in [4.69, 9.17) is 9.47 Å². The smallest absolute Gasteiger partial charge is 0.231 e. The average molecular weight is 504 g/mol. The number of ether oxygens (including phenoxy) is 2. The normalized spacial score (nSPS) is 18.8. The zero-order chi connectivity index (χ0) is 25.6. The van der Waals surface area contributed by atoms with E-state index in [0.29, 0.717) is 43.2 Å². The van der Waals surface area contributed by atoms with Gasteiger partial charge in [-0.1, -0.05) is 36.4 Å². The molecule has 0 aliphatic carbocycles. The van der Waals surface area contributed by atoms with Crippen molar-refractivity contribution < 1.29 is 23.5 Å². The van der Waals surface area contributed by atoms with Gasteiger partial charge >= 0.3 is 0 Å². The molecule has 0 aromatic heterocycles. The summed E-state index contributed by atoms with van der Waals surface area (Å²) in [6.45, 7) is 2.46. The number of amides is 2. The predicted octanol–water partition coefficient (Wildman–Crippen LogP) is 3.99. The summed E-state index contributed by atoms with van der Waals surface area (Å²) in [5, 5.41) is 5.92. The zero-order valence-corrected chi connectivity index (χ0v) is 20.5. The lowest BCUT2D eigenvalue weighted by atomic mass is 9.87. The number of anilines is 1. The second-order valence-electron chi connectivity index (χ2n) is 9.53. The Morgan fingerprint density at radius 1 is 0.865 bits per heavy atom. The van der Waals surface area contributed by atoms with Crippen LogP contribution in [0.15, 0.2) is 72.8 Å². The standard InChI is InChI=1S/C29H30FN3O4/c30-24-7-9-25(10-8-24)32-29(35)23-15-22(17-33(18-23)13-12-20-4-2-1-3-5-20)28(34)31-16-21-6-11-26-27(14-21)37-19-36-26/h1-11,14,22-23H,12-13,15-19H2,(H,31,34)(H,32,35)/t22-,23+/m0/s1. The van der Waals surface area contributed by atoms with Crippen LogP contribution in [-0.2, 0) is 22.6 Å². The van der Waals surface area contributed by atoms with E-state index in [9.17, 15) is 14.0 Å². The Kier molecular flexibility index (Phi) is 7.65. The average Bonchev–Trinajstić information content (AvgIpc) is 3.40. The van der Waals surface area contributed by atoms with Crippen molar-refractivity contribution in [2.75, 3.05) is 31.7 Å². The molecule has 2 N–H and O–H groups in total. The summed E-state index contributed by atoms with van der Waals surface area (Å²) in [4.78, 5) is 28.6. The number of benzene rings is 3. The lowest BCUT2D eigenvalue weighted by molar-refractivity contribution is -0.130. The number of fused-ring (bicyclic) bond motifs is 1. The van der Waals surface area contributed by atoms with Crippen molar-refractivity contribution in [3.63, 3.8) is 0 Å². The van der Waals surface area contributed by atoms with Gasteiger partial charge in [0, 0.05) is 31.9 Å². The van der Waals surface area contributed by atoms with Crippen LogP contribution in [0.5, 0.6) is 11.5 Å². The van der Waals surface area contributed by atoms with E-state index in [-0.39, 0.29) is 36.3 Å². The summed E-state index contributed by atoms with van der Waals surface area (Å²) in [5.41, 5.74) is 2.67. The highest BCUT2D eigenvalue weighted by Crippen LogP contribution is 2.32. The molecule has 0 unspecified atom stereocenters. The molecule has 0 bridgehead atoms. The van der Waals surface area contributed by atoms with E-state index < -0.39 is 0 Å². The minimum absolute atomic E-state index is 0.0818. The Labute approximate surface area is 215 Å². The van der Waals surface area contributed by atoms with Crippen molar-refractivity contribution in [3.05, 3.63) is 89.7 Å². The lowest BCUT2D eigenvalue weighted by Crippen LogP contribution is -2.49. The van der Waals surface area contributed by atoms with E-state index in [0.717, 1.165) is 18.5 Å². The molecule has 3 aromatic rings. The molecule has 7 nitrogen and oxygen atoms in total. The first-order chi connectivity index (χ1) is 18.0. The van der Waals surface area contributed by atoms with Gasteiger partial charge in [0.05, 0.1) is 11.8 Å². The number of hydrogen-bond donors (Lipinski definition) is 2. The van der Waals surface area contributed by atoms with Crippen LogP contribution in [0, 0.1) is 17.7 Å². The molecule has 2 aliphatic heterocycles. The van der Waals surface area contributed by atoms with Gasteiger partial charge < -0.3 is 25.0 Å². The third kappa shape index (κ3) is 6.46. The van der Waals surface area contributed by atoms with Gasteiger partial charge in [-0.15, -0.1) is 0 Å². The van der Waals surface area contributed by atoms with Gasteiger partial charge in [0.1, 0.15) is 5.82 Å². The first-order valence-corrected chi connectivity index (χ1v) is 12.5. The molecule has 1 saturated heterocycles. The van der Waals surface area contributed by atoms with E-state index in [2.05, 4.69) is 27.7 Å². The van der Waals surface area contributed by atoms with Crippen LogP contribution in [0.4, 0.5) is 10.1 Å². The second kappa shape index (κ2) is 11.4. The van der Waals surface area contributed by atoms with Gasteiger partial charge in [0.25, 0.3) is 0 Å². The summed E-state index contributed by atoms with van der Waals surface area (Å²) in [5.74, 6) is 0.0759. The fourth-order valence-electron chi connectivity index (χ4n) is 4.85. The second-order valence-corrected chi connectivity index (χ2v) is 9.53. The van der Waals surface area contributed by atoms with Crippen molar-refractivity contribution in [3.8, 4) is 11.5 Å². The summed E-state index contributed by atoms with van der Waals surface area (Å²) < 4.78 is 24.1. The molecule has 2 atom stereocenters. The number of carbonyl (C=O) groups excluding carboxylic acids is 2. The fourth-order valence-corrected chi connectivity index (χ4v) is 4.85. The fraction of sp³-hybridized carbons (Fsp3) is 0.310. The molecule has 192 valence electrons.